The number of aromatic nitrogens is 1. The van der Waals surface area contributed by atoms with Crippen LogP contribution in [0.3, 0.4) is 0 Å². The highest BCUT2D eigenvalue weighted by molar-refractivity contribution is 5.99. The first-order valence-electron chi connectivity index (χ1n) is 14.9. The quantitative estimate of drug-likeness (QED) is 0.154. The largest absolute Gasteiger partial charge is 0.491 e. The lowest BCUT2D eigenvalue weighted by atomic mass is 9.91. The summed E-state index contributed by atoms with van der Waals surface area (Å²) in [4.78, 5) is 7.20. The lowest BCUT2D eigenvalue weighted by Gasteiger charge is -2.45. The molecule has 0 radical (unpaired) electrons. The summed E-state index contributed by atoms with van der Waals surface area (Å²) >= 11 is 0. The highest BCUT2D eigenvalue weighted by Gasteiger charge is 2.38. The first-order valence-corrected chi connectivity index (χ1v) is 14.9. The Balaban J connectivity index is 1.26. The number of nitrogens with zero attached hydrogens (tertiary/aromatic N) is 2. The SMILES string of the molecule is C=C(OC(C)(C)C)C(c1ccccc1C(=N)CCC)N1CC(OCCCCCc2ccc3c(n2)NCCC3)C1. The average molecular weight is 533 g/mol. The second-order valence-electron chi connectivity index (χ2n) is 12.0. The fourth-order valence-electron chi connectivity index (χ4n) is 5.55. The lowest BCUT2D eigenvalue weighted by molar-refractivity contribution is -0.0820. The van der Waals surface area contributed by atoms with Crippen LogP contribution in [0, 0.1) is 5.41 Å². The number of hydrogen-bond acceptors (Lipinski definition) is 6. The minimum Gasteiger partial charge on any atom is -0.491 e. The third kappa shape index (κ3) is 8.15. The summed E-state index contributed by atoms with van der Waals surface area (Å²) < 4.78 is 12.5. The summed E-state index contributed by atoms with van der Waals surface area (Å²) in [6.07, 6.45) is 8.66. The van der Waals surface area contributed by atoms with Gasteiger partial charge in [0.15, 0.2) is 0 Å². The molecule has 0 amide bonds. The molecule has 2 aliphatic heterocycles. The molecular weight excluding hydrogens is 484 g/mol. The van der Waals surface area contributed by atoms with Crippen LogP contribution in [-0.2, 0) is 22.3 Å². The topological polar surface area (TPSA) is 70.5 Å². The number of rotatable bonds is 14. The number of benzene rings is 1. The van der Waals surface area contributed by atoms with Gasteiger partial charge < -0.3 is 20.2 Å². The molecule has 2 aliphatic rings. The summed E-state index contributed by atoms with van der Waals surface area (Å²) in [7, 11) is 0. The third-order valence-corrected chi connectivity index (χ3v) is 7.45. The van der Waals surface area contributed by atoms with Crippen molar-refractivity contribution < 1.29 is 9.47 Å². The summed E-state index contributed by atoms with van der Waals surface area (Å²) in [5.41, 5.74) is 5.00. The van der Waals surface area contributed by atoms with Gasteiger partial charge in [0.2, 0.25) is 0 Å². The second kappa shape index (κ2) is 13.6. The number of nitrogens with one attached hydrogen (secondary N) is 2. The molecule has 0 saturated carbocycles. The van der Waals surface area contributed by atoms with Crippen molar-refractivity contribution in [1.82, 2.24) is 9.88 Å². The van der Waals surface area contributed by atoms with Crippen molar-refractivity contribution in [2.75, 3.05) is 31.6 Å². The molecule has 1 saturated heterocycles. The van der Waals surface area contributed by atoms with E-state index in [9.17, 15) is 0 Å². The second-order valence-corrected chi connectivity index (χ2v) is 12.0. The smallest absolute Gasteiger partial charge is 0.129 e. The number of aryl methyl sites for hydroxylation is 2. The van der Waals surface area contributed by atoms with Crippen LogP contribution in [0.5, 0.6) is 0 Å². The van der Waals surface area contributed by atoms with Gasteiger partial charge in [0.05, 0.1) is 12.1 Å². The summed E-state index contributed by atoms with van der Waals surface area (Å²) in [6.45, 7) is 16.2. The average Bonchev–Trinajstić information content (AvgIpc) is 2.88. The summed E-state index contributed by atoms with van der Waals surface area (Å²) in [6, 6.07) is 12.6. The molecule has 1 fully saturated rings. The monoisotopic (exact) mass is 532 g/mol. The molecule has 6 nitrogen and oxygen atoms in total. The predicted molar refractivity (Wildman–Crippen MR) is 161 cm³/mol. The van der Waals surface area contributed by atoms with E-state index in [1.165, 1.54) is 17.7 Å². The Labute approximate surface area is 235 Å². The van der Waals surface area contributed by atoms with E-state index in [0.717, 1.165) is 93.9 Å². The van der Waals surface area contributed by atoms with E-state index in [1.54, 1.807) is 0 Å². The van der Waals surface area contributed by atoms with E-state index in [2.05, 4.69) is 74.8 Å². The number of anilines is 1. The third-order valence-electron chi connectivity index (χ3n) is 7.45. The first-order chi connectivity index (χ1) is 18.7. The highest BCUT2D eigenvalue weighted by atomic mass is 16.5. The normalized spacial score (nSPS) is 16.6. The molecule has 0 spiro atoms. The zero-order valence-corrected chi connectivity index (χ0v) is 24.5. The number of fused-ring (bicyclic) bond motifs is 1. The van der Waals surface area contributed by atoms with Gasteiger partial charge in [-0.05, 0) is 76.5 Å². The van der Waals surface area contributed by atoms with E-state index < -0.39 is 0 Å². The van der Waals surface area contributed by atoms with E-state index >= 15 is 0 Å². The summed E-state index contributed by atoms with van der Waals surface area (Å²) in [5.74, 6) is 1.83. The molecule has 2 aromatic rings. The maximum Gasteiger partial charge on any atom is 0.129 e. The predicted octanol–water partition coefficient (Wildman–Crippen LogP) is 7.09. The summed E-state index contributed by atoms with van der Waals surface area (Å²) in [5, 5.41) is 12.1. The zero-order chi connectivity index (χ0) is 27.8. The number of ether oxygens (including phenoxy) is 2. The first kappa shape index (κ1) is 29.3. The van der Waals surface area contributed by atoms with Crippen molar-refractivity contribution in [3.8, 4) is 0 Å². The van der Waals surface area contributed by atoms with Gasteiger partial charge in [0, 0.05) is 43.2 Å². The van der Waals surface area contributed by atoms with Gasteiger partial charge in [-0.2, -0.15) is 0 Å². The molecule has 2 N–H and O–H groups in total. The molecule has 1 aromatic carbocycles. The van der Waals surface area contributed by atoms with Crippen molar-refractivity contribution >= 4 is 11.5 Å². The minimum atomic E-state index is -0.326. The maximum atomic E-state index is 8.66. The molecule has 0 bridgehead atoms. The van der Waals surface area contributed by atoms with Crippen molar-refractivity contribution in [2.45, 2.75) is 96.8 Å². The van der Waals surface area contributed by atoms with Crippen molar-refractivity contribution in [1.29, 1.82) is 5.41 Å². The standard InChI is InChI=1S/C33H48N4O2/c1-6-13-30(34)28-16-9-10-17-29(28)31(24(2)39-33(3,4)5)37-22-27(23-37)38-21-11-7-8-15-26-19-18-25-14-12-20-35-32(25)36-26/h9-10,16-19,27,31,34H,2,6-8,11-15,20-23H2,1,3-5H3,(H,35,36). The van der Waals surface area contributed by atoms with Crippen molar-refractivity contribution in [3.63, 3.8) is 0 Å². The number of hydrogen-bond donors (Lipinski definition) is 2. The molecule has 212 valence electrons. The van der Waals surface area contributed by atoms with Gasteiger partial charge in [-0.25, -0.2) is 4.98 Å². The van der Waals surface area contributed by atoms with Crippen LogP contribution in [0.2, 0.25) is 0 Å². The van der Waals surface area contributed by atoms with E-state index in [-0.39, 0.29) is 17.7 Å². The number of unbranched alkanes of at least 4 members (excludes halogenated alkanes) is 2. The Morgan fingerprint density at radius 2 is 1.95 bits per heavy atom. The fourth-order valence-corrected chi connectivity index (χ4v) is 5.55. The van der Waals surface area contributed by atoms with Crippen LogP contribution in [-0.4, -0.2) is 53.5 Å². The lowest BCUT2D eigenvalue weighted by Crippen LogP contribution is -2.54. The van der Waals surface area contributed by atoms with Crippen LogP contribution in [0.15, 0.2) is 48.7 Å². The van der Waals surface area contributed by atoms with Gasteiger partial charge in [-0.3, -0.25) is 4.90 Å². The molecule has 1 unspecified atom stereocenters. The Morgan fingerprint density at radius 1 is 1.15 bits per heavy atom. The van der Waals surface area contributed by atoms with Crippen LogP contribution < -0.4 is 5.32 Å². The Bertz CT molecular complexity index is 1120. The molecule has 4 rings (SSSR count). The molecule has 3 heterocycles. The van der Waals surface area contributed by atoms with Crippen molar-refractivity contribution in [3.05, 3.63) is 71.1 Å². The minimum absolute atomic E-state index is 0.0870. The van der Waals surface area contributed by atoms with Gasteiger partial charge >= 0.3 is 0 Å². The van der Waals surface area contributed by atoms with Crippen molar-refractivity contribution in [2.24, 2.45) is 0 Å². The Kier molecular flexibility index (Phi) is 10.2. The van der Waals surface area contributed by atoms with Crippen LogP contribution in [0.4, 0.5) is 5.82 Å². The highest BCUT2D eigenvalue weighted by Crippen LogP contribution is 2.37. The number of pyridine rings is 1. The Hall–Kier alpha value is -2.70. The van der Waals surface area contributed by atoms with Gasteiger partial charge in [-0.15, -0.1) is 0 Å². The van der Waals surface area contributed by atoms with Gasteiger partial charge in [-0.1, -0.05) is 56.7 Å². The zero-order valence-electron chi connectivity index (χ0n) is 24.5. The fraction of sp³-hybridized carbons (Fsp3) is 0.576. The Morgan fingerprint density at radius 3 is 2.72 bits per heavy atom. The van der Waals surface area contributed by atoms with E-state index in [1.807, 2.05) is 6.07 Å². The molecule has 1 atom stereocenters. The molecule has 39 heavy (non-hydrogen) atoms. The van der Waals surface area contributed by atoms with Crippen LogP contribution in [0.25, 0.3) is 0 Å². The van der Waals surface area contributed by atoms with Crippen LogP contribution in [0.1, 0.15) is 94.6 Å². The van der Waals surface area contributed by atoms with E-state index in [4.69, 9.17) is 19.9 Å². The molecule has 0 aliphatic carbocycles. The molecule has 1 aromatic heterocycles. The van der Waals surface area contributed by atoms with Gasteiger partial charge in [0.1, 0.15) is 17.2 Å². The molecular formula is C33H48N4O2. The maximum absolute atomic E-state index is 8.66. The number of likely N-dealkylation sites (tertiary alicyclic amines) is 1. The molecule has 6 heteroatoms. The van der Waals surface area contributed by atoms with Crippen LogP contribution >= 0.6 is 0 Å². The van der Waals surface area contributed by atoms with Gasteiger partial charge in [0.25, 0.3) is 0 Å². The van der Waals surface area contributed by atoms with E-state index in [0.29, 0.717) is 5.71 Å².